The van der Waals surface area contributed by atoms with Crippen LogP contribution in [-0.4, -0.2) is 46.6 Å². The van der Waals surface area contributed by atoms with Gasteiger partial charge in [0.15, 0.2) is 5.01 Å². The molecule has 6 heteroatoms. The van der Waals surface area contributed by atoms with E-state index in [1.807, 2.05) is 12.1 Å². The van der Waals surface area contributed by atoms with Gasteiger partial charge in [0, 0.05) is 30.9 Å². The van der Waals surface area contributed by atoms with Crippen LogP contribution in [0, 0.1) is 5.92 Å². The van der Waals surface area contributed by atoms with E-state index >= 15 is 0 Å². The highest BCUT2D eigenvalue weighted by molar-refractivity contribution is 7.17. The molecule has 2 bridgehead atoms. The maximum absolute atomic E-state index is 12.4. The van der Waals surface area contributed by atoms with E-state index in [0.717, 1.165) is 24.5 Å². The summed E-state index contributed by atoms with van der Waals surface area (Å²) in [5, 5.41) is 13.5. The van der Waals surface area contributed by atoms with Gasteiger partial charge in [0.05, 0.1) is 4.88 Å². The van der Waals surface area contributed by atoms with Crippen LogP contribution >= 0.6 is 11.3 Å². The Morgan fingerprint density at radius 2 is 2.23 bits per heavy atom. The van der Waals surface area contributed by atoms with Crippen molar-refractivity contribution in [3.63, 3.8) is 0 Å². The number of amides is 1. The second-order valence-corrected chi connectivity index (χ2v) is 6.97. The number of hydrogen-bond acceptors (Lipinski definition) is 5. The minimum Gasteiger partial charge on any atom is -0.507 e. The lowest BCUT2D eigenvalue weighted by Gasteiger charge is -2.22. The zero-order chi connectivity index (χ0) is 15.1. The van der Waals surface area contributed by atoms with Gasteiger partial charge in [-0.2, -0.15) is 0 Å². The van der Waals surface area contributed by atoms with Gasteiger partial charge in [-0.05, 0) is 31.0 Å². The summed E-state index contributed by atoms with van der Waals surface area (Å²) in [4.78, 5) is 19.8. The third-order valence-corrected chi connectivity index (χ3v) is 5.55. The van der Waals surface area contributed by atoms with Gasteiger partial charge in [0.2, 0.25) is 0 Å². The molecule has 22 heavy (non-hydrogen) atoms. The smallest absolute Gasteiger partial charge is 0.280 e. The Morgan fingerprint density at radius 1 is 1.36 bits per heavy atom. The summed E-state index contributed by atoms with van der Waals surface area (Å²) in [6.45, 7) is 3.21. The Hall–Kier alpha value is -1.92. The number of nitrogens with one attached hydrogen (secondary N) is 1. The molecule has 2 unspecified atom stereocenters. The van der Waals surface area contributed by atoms with Crippen LogP contribution < -0.4 is 5.32 Å². The molecule has 4 rings (SSSR count). The van der Waals surface area contributed by atoms with Crippen molar-refractivity contribution in [1.82, 2.24) is 15.2 Å². The van der Waals surface area contributed by atoms with Gasteiger partial charge in [-0.1, -0.05) is 12.1 Å². The van der Waals surface area contributed by atoms with Crippen molar-refractivity contribution >= 4 is 17.2 Å². The van der Waals surface area contributed by atoms with E-state index in [9.17, 15) is 9.90 Å². The fraction of sp³-hybridized carbons (Fsp3) is 0.375. The Labute approximate surface area is 132 Å². The molecule has 1 amide bonds. The van der Waals surface area contributed by atoms with Crippen molar-refractivity contribution in [3.8, 4) is 16.2 Å². The van der Waals surface area contributed by atoms with Crippen molar-refractivity contribution in [2.45, 2.75) is 12.5 Å². The molecule has 2 aliphatic rings. The van der Waals surface area contributed by atoms with Crippen LogP contribution in [-0.2, 0) is 0 Å². The van der Waals surface area contributed by atoms with E-state index in [2.05, 4.69) is 15.2 Å². The van der Waals surface area contributed by atoms with Crippen LogP contribution in [0.25, 0.3) is 10.4 Å². The highest BCUT2D eigenvalue weighted by Crippen LogP contribution is 2.33. The molecule has 2 aliphatic heterocycles. The van der Waals surface area contributed by atoms with Crippen LogP contribution in [0.15, 0.2) is 30.5 Å². The molecular weight excluding hydrogens is 298 g/mol. The quantitative estimate of drug-likeness (QED) is 0.908. The standard InChI is InChI=1S/C16H17N3O2S/c20-13-4-2-1-3-11(13)14-7-17-16(22-14)15(21)18-12-9-19-6-5-10(12)8-19/h1-4,7,10,12,20H,5-6,8-9H2,(H,18,21)/t10-,12?/m0/s1. The molecule has 3 heterocycles. The van der Waals surface area contributed by atoms with Gasteiger partial charge in [-0.25, -0.2) is 4.98 Å². The zero-order valence-electron chi connectivity index (χ0n) is 12.0. The molecule has 2 N–H and O–H groups in total. The predicted octanol–water partition coefficient (Wildman–Crippen LogP) is 1.95. The van der Waals surface area contributed by atoms with Gasteiger partial charge in [-0.3, -0.25) is 4.79 Å². The molecular formula is C16H17N3O2S. The number of benzene rings is 1. The van der Waals surface area contributed by atoms with Crippen molar-refractivity contribution in [1.29, 1.82) is 0 Å². The van der Waals surface area contributed by atoms with E-state index in [-0.39, 0.29) is 17.7 Å². The van der Waals surface area contributed by atoms with E-state index in [4.69, 9.17) is 0 Å². The van der Waals surface area contributed by atoms with E-state index in [1.54, 1.807) is 18.3 Å². The summed E-state index contributed by atoms with van der Waals surface area (Å²) in [6.07, 6.45) is 2.82. The number of piperidine rings is 1. The Bertz CT molecular complexity index is 715. The van der Waals surface area contributed by atoms with E-state index in [1.165, 1.54) is 17.8 Å². The second kappa shape index (κ2) is 5.37. The number of para-hydroxylation sites is 1. The number of phenolic OH excluding ortho intramolecular Hbond substituents is 1. The number of phenols is 1. The first kappa shape index (κ1) is 13.7. The van der Waals surface area contributed by atoms with Gasteiger partial charge in [0.25, 0.3) is 5.91 Å². The second-order valence-electron chi connectivity index (χ2n) is 5.94. The van der Waals surface area contributed by atoms with Crippen LogP contribution in [0.5, 0.6) is 5.75 Å². The molecule has 0 spiro atoms. The summed E-state index contributed by atoms with van der Waals surface area (Å²) >= 11 is 1.31. The van der Waals surface area contributed by atoms with Crippen molar-refractivity contribution in [2.24, 2.45) is 5.92 Å². The van der Waals surface area contributed by atoms with Gasteiger partial charge < -0.3 is 15.3 Å². The molecule has 3 atom stereocenters. The third-order valence-electron chi connectivity index (χ3n) is 4.52. The lowest BCUT2D eigenvalue weighted by Crippen LogP contribution is -2.43. The minimum atomic E-state index is -0.106. The number of fused-ring (bicyclic) bond motifs is 2. The van der Waals surface area contributed by atoms with Gasteiger partial charge >= 0.3 is 0 Å². The van der Waals surface area contributed by atoms with Gasteiger partial charge in [0.1, 0.15) is 5.75 Å². The highest BCUT2D eigenvalue weighted by atomic mass is 32.1. The summed E-state index contributed by atoms with van der Waals surface area (Å²) in [5.74, 6) is 0.686. The number of aromatic hydroxyl groups is 1. The van der Waals surface area contributed by atoms with E-state index < -0.39 is 0 Å². The molecule has 0 aliphatic carbocycles. The summed E-state index contributed by atoms with van der Waals surface area (Å²) < 4.78 is 0. The lowest BCUT2D eigenvalue weighted by atomic mass is 10.0. The molecule has 2 saturated heterocycles. The zero-order valence-corrected chi connectivity index (χ0v) is 12.8. The minimum absolute atomic E-state index is 0.106. The fourth-order valence-electron chi connectivity index (χ4n) is 3.36. The normalized spacial score (nSPS) is 26.3. The average Bonchev–Trinajstić information content (AvgIpc) is 3.24. The number of hydrogen-bond donors (Lipinski definition) is 2. The predicted molar refractivity (Wildman–Crippen MR) is 85.0 cm³/mol. The van der Waals surface area contributed by atoms with Crippen molar-refractivity contribution in [3.05, 3.63) is 35.5 Å². The number of rotatable bonds is 3. The molecule has 0 radical (unpaired) electrons. The monoisotopic (exact) mass is 315 g/mol. The van der Waals surface area contributed by atoms with Crippen LogP contribution in [0.4, 0.5) is 0 Å². The first-order valence-electron chi connectivity index (χ1n) is 7.48. The molecule has 1 aromatic heterocycles. The van der Waals surface area contributed by atoms with Crippen molar-refractivity contribution < 1.29 is 9.90 Å². The summed E-state index contributed by atoms with van der Waals surface area (Å²) in [7, 11) is 0. The molecule has 2 aromatic rings. The maximum Gasteiger partial charge on any atom is 0.280 e. The van der Waals surface area contributed by atoms with Crippen LogP contribution in [0.2, 0.25) is 0 Å². The van der Waals surface area contributed by atoms with E-state index in [0.29, 0.717) is 16.5 Å². The van der Waals surface area contributed by atoms with Gasteiger partial charge in [-0.15, -0.1) is 11.3 Å². The summed E-state index contributed by atoms with van der Waals surface area (Å²) in [5.41, 5.74) is 0.713. The fourth-order valence-corrected chi connectivity index (χ4v) is 4.22. The number of carbonyl (C=O) groups excluding carboxylic acids is 1. The number of carbonyl (C=O) groups is 1. The Morgan fingerprint density at radius 3 is 2.95 bits per heavy atom. The van der Waals surface area contributed by atoms with Crippen LogP contribution in [0.3, 0.4) is 0 Å². The first-order valence-corrected chi connectivity index (χ1v) is 8.30. The molecule has 2 fully saturated rings. The maximum atomic E-state index is 12.4. The number of aromatic nitrogens is 1. The Balaban J connectivity index is 1.49. The van der Waals surface area contributed by atoms with Crippen molar-refractivity contribution in [2.75, 3.05) is 19.6 Å². The summed E-state index contributed by atoms with van der Waals surface area (Å²) in [6, 6.07) is 7.35. The third kappa shape index (κ3) is 2.38. The SMILES string of the molecule is O=C(NC1CN2CC[C@H]1C2)c1ncc(-c2ccccc2O)s1. The molecule has 1 aromatic carbocycles. The topological polar surface area (TPSA) is 65.5 Å². The molecule has 114 valence electrons. The average molecular weight is 315 g/mol. The first-order chi connectivity index (χ1) is 10.7. The van der Waals surface area contributed by atoms with Crippen LogP contribution in [0.1, 0.15) is 16.2 Å². The number of thiazole rings is 1. The highest BCUT2D eigenvalue weighted by Gasteiger charge is 2.38. The number of nitrogens with zero attached hydrogens (tertiary/aromatic N) is 2. The largest absolute Gasteiger partial charge is 0.507 e. The molecule has 0 saturated carbocycles. The Kier molecular flexibility index (Phi) is 3.35. The lowest BCUT2D eigenvalue weighted by molar-refractivity contribution is 0.0924. The molecule has 5 nitrogen and oxygen atoms in total.